The predicted octanol–water partition coefficient (Wildman–Crippen LogP) is 1.28. The molecule has 1 aromatic carbocycles. The zero-order valence-corrected chi connectivity index (χ0v) is 16.7. The van der Waals surface area contributed by atoms with Crippen LogP contribution in [0.15, 0.2) is 35.7 Å². The quantitative estimate of drug-likeness (QED) is 0.540. The smallest absolute Gasteiger partial charge is 0.321 e. The number of hydrogen-bond donors (Lipinski definition) is 3. The Balaban J connectivity index is 1.66. The highest BCUT2D eigenvalue weighted by atomic mass is 32.2. The molecule has 9 nitrogen and oxygen atoms in total. The number of esters is 1. The van der Waals surface area contributed by atoms with Crippen LogP contribution in [0.3, 0.4) is 0 Å². The molecule has 0 saturated heterocycles. The van der Waals surface area contributed by atoms with Crippen LogP contribution in [-0.2, 0) is 24.3 Å². The van der Waals surface area contributed by atoms with Crippen LogP contribution < -0.4 is 15.4 Å². The first-order chi connectivity index (χ1) is 13.8. The van der Waals surface area contributed by atoms with Gasteiger partial charge in [0.25, 0.3) is 5.91 Å². The fraction of sp³-hybridized carbons (Fsp3) is 0.421. The number of ether oxygens (including phenoxy) is 1. The van der Waals surface area contributed by atoms with Crippen molar-refractivity contribution in [3.63, 3.8) is 0 Å². The Morgan fingerprint density at radius 3 is 2.45 bits per heavy atom. The maximum Gasteiger partial charge on any atom is 0.321 e. The molecule has 2 rings (SSSR count). The van der Waals surface area contributed by atoms with Gasteiger partial charge in [0.2, 0.25) is 10.0 Å². The third-order valence-corrected chi connectivity index (χ3v) is 5.26. The summed E-state index contributed by atoms with van der Waals surface area (Å²) in [5, 5.41) is 5.71. The van der Waals surface area contributed by atoms with Gasteiger partial charge in [-0.1, -0.05) is 49.6 Å². The number of hydrogen-bond acceptors (Lipinski definition) is 6. The number of imide groups is 1. The van der Waals surface area contributed by atoms with Gasteiger partial charge in [-0.25, -0.2) is 17.9 Å². The van der Waals surface area contributed by atoms with E-state index in [0.717, 1.165) is 37.5 Å². The van der Waals surface area contributed by atoms with Gasteiger partial charge in [0.1, 0.15) is 6.54 Å². The van der Waals surface area contributed by atoms with Gasteiger partial charge < -0.3 is 10.1 Å². The minimum atomic E-state index is -3.84. The van der Waals surface area contributed by atoms with Gasteiger partial charge in [0.05, 0.1) is 0 Å². The molecule has 0 atom stereocenters. The Labute approximate surface area is 169 Å². The lowest BCUT2D eigenvalue weighted by molar-refractivity contribution is -0.147. The minimum absolute atomic E-state index is 0.0393. The second kappa shape index (κ2) is 11.3. The van der Waals surface area contributed by atoms with Crippen LogP contribution in [0.2, 0.25) is 0 Å². The van der Waals surface area contributed by atoms with Gasteiger partial charge in [-0.3, -0.25) is 14.9 Å². The number of amides is 3. The first-order valence-corrected chi connectivity index (χ1v) is 10.9. The standard InChI is InChI=1S/C19H25N3O6S/c23-17(22-19(25)21-16-9-5-2-6-10-16)14-28-18(24)13-20-29(26,27)12-11-15-7-3-1-4-8-15/h1,3-4,7-8,11-12,16,20H,2,5-6,9-10,13-14H2,(H2,21,22,23,25). The Morgan fingerprint density at radius 1 is 1.07 bits per heavy atom. The van der Waals surface area contributed by atoms with Crippen LogP contribution in [-0.4, -0.2) is 45.5 Å². The summed E-state index contributed by atoms with van der Waals surface area (Å²) in [6.45, 7) is -1.32. The van der Waals surface area contributed by atoms with Crippen molar-refractivity contribution in [2.75, 3.05) is 13.2 Å². The molecule has 3 N–H and O–H groups in total. The fourth-order valence-corrected chi connectivity index (χ4v) is 3.52. The van der Waals surface area contributed by atoms with Gasteiger partial charge in [0.15, 0.2) is 6.61 Å². The zero-order valence-electron chi connectivity index (χ0n) is 15.9. The van der Waals surface area contributed by atoms with Crippen molar-refractivity contribution in [3.05, 3.63) is 41.3 Å². The third-order valence-electron chi connectivity index (χ3n) is 4.21. The van der Waals surface area contributed by atoms with Crippen molar-refractivity contribution in [1.29, 1.82) is 0 Å². The van der Waals surface area contributed by atoms with Crippen LogP contribution in [0, 0.1) is 0 Å². The van der Waals surface area contributed by atoms with Crippen LogP contribution in [0.1, 0.15) is 37.7 Å². The van der Waals surface area contributed by atoms with E-state index >= 15 is 0 Å². The van der Waals surface area contributed by atoms with E-state index in [1.54, 1.807) is 30.3 Å². The highest BCUT2D eigenvalue weighted by molar-refractivity contribution is 7.92. The molecule has 10 heteroatoms. The molecule has 0 radical (unpaired) electrons. The molecule has 0 spiro atoms. The highest BCUT2D eigenvalue weighted by Gasteiger charge is 2.18. The van der Waals surface area contributed by atoms with Crippen LogP contribution in [0.25, 0.3) is 6.08 Å². The Bertz CT molecular complexity index is 833. The lowest BCUT2D eigenvalue weighted by Crippen LogP contribution is -2.46. The highest BCUT2D eigenvalue weighted by Crippen LogP contribution is 2.17. The largest absolute Gasteiger partial charge is 0.455 e. The summed E-state index contributed by atoms with van der Waals surface area (Å²) in [7, 11) is -3.84. The number of urea groups is 1. The van der Waals surface area contributed by atoms with E-state index in [0.29, 0.717) is 5.56 Å². The molecule has 1 saturated carbocycles. The summed E-state index contributed by atoms with van der Waals surface area (Å²) >= 11 is 0. The van der Waals surface area contributed by atoms with E-state index in [1.165, 1.54) is 6.08 Å². The summed E-state index contributed by atoms with van der Waals surface area (Å²) in [4.78, 5) is 35.0. The number of nitrogens with one attached hydrogen (secondary N) is 3. The summed E-state index contributed by atoms with van der Waals surface area (Å²) in [5.41, 5.74) is 0.684. The average molecular weight is 423 g/mol. The van der Waals surface area contributed by atoms with E-state index in [-0.39, 0.29) is 6.04 Å². The zero-order chi connectivity index (χ0) is 21.1. The van der Waals surface area contributed by atoms with E-state index in [2.05, 4.69) is 15.4 Å². The number of sulfonamides is 1. The minimum Gasteiger partial charge on any atom is -0.455 e. The molecule has 1 aliphatic carbocycles. The molecule has 1 aromatic rings. The van der Waals surface area contributed by atoms with Gasteiger partial charge >= 0.3 is 12.0 Å². The van der Waals surface area contributed by atoms with Gasteiger partial charge in [-0.2, -0.15) is 0 Å². The van der Waals surface area contributed by atoms with Crippen LogP contribution in [0.5, 0.6) is 0 Å². The molecule has 158 valence electrons. The Morgan fingerprint density at radius 2 is 1.76 bits per heavy atom. The SMILES string of the molecule is O=C(COC(=O)CNS(=O)(=O)C=Cc1ccccc1)NC(=O)NC1CCCCC1. The van der Waals surface area contributed by atoms with Gasteiger partial charge in [-0.05, 0) is 24.5 Å². The number of rotatable bonds is 8. The second-order valence-corrected chi connectivity index (χ2v) is 8.25. The molecule has 1 fully saturated rings. The lowest BCUT2D eigenvalue weighted by Gasteiger charge is -2.22. The normalized spacial score (nSPS) is 15.0. The average Bonchev–Trinajstić information content (AvgIpc) is 2.71. The van der Waals surface area contributed by atoms with Crippen molar-refractivity contribution < 1.29 is 27.5 Å². The molecule has 0 unspecified atom stereocenters. The Kier molecular flexibility index (Phi) is 8.81. The van der Waals surface area contributed by atoms with Crippen molar-refractivity contribution in [2.45, 2.75) is 38.1 Å². The van der Waals surface area contributed by atoms with E-state index in [1.807, 2.05) is 4.72 Å². The van der Waals surface area contributed by atoms with Gasteiger partial charge in [0, 0.05) is 11.4 Å². The van der Waals surface area contributed by atoms with Crippen LogP contribution >= 0.6 is 0 Å². The third kappa shape index (κ3) is 9.35. The molecular formula is C19H25N3O6S. The predicted molar refractivity (Wildman–Crippen MR) is 107 cm³/mol. The van der Waals surface area contributed by atoms with E-state index < -0.39 is 41.1 Å². The van der Waals surface area contributed by atoms with Crippen molar-refractivity contribution >= 4 is 34.0 Å². The van der Waals surface area contributed by atoms with E-state index in [4.69, 9.17) is 0 Å². The summed E-state index contributed by atoms with van der Waals surface area (Å²) in [6.07, 6.45) is 6.33. The monoisotopic (exact) mass is 423 g/mol. The first-order valence-electron chi connectivity index (χ1n) is 9.33. The summed E-state index contributed by atoms with van der Waals surface area (Å²) < 4.78 is 30.4. The van der Waals surface area contributed by atoms with Crippen molar-refractivity contribution in [2.24, 2.45) is 0 Å². The first kappa shape index (κ1) is 22.6. The lowest BCUT2D eigenvalue weighted by atomic mass is 9.96. The molecule has 1 aliphatic rings. The summed E-state index contributed by atoms with van der Waals surface area (Å²) in [6, 6.07) is 8.18. The molecule has 0 bridgehead atoms. The molecule has 3 amide bonds. The fourth-order valence-electron chi connectivity index (χ4n) is 2.77. The second-order valence-electron chi connectivity index (χ2n) is 6.60. The number of carbonyl (C=O) groups excluding carboxylic acids is 3. The summed E-state index contributed by atoms with van der Waals surface area (Å²) in [5.74, 6) is -1.73. The molecule has 0 aliphatic heterocycles. The Hall–Kier alpha value is -2.72. The maximum atomic E-state index is 11.8. The maximum absolute atomic E-state index is 11.8. The molecule has 0 heterocycles. The number of benzene rings is 1. The van der Waals surface area contributed by atoms with Crippen molar-refractivity contribution in [1.82, 2.24) is 15.4 Å². The topological polar surface area (TPSA) is 131 Å². The number of carbonyl (C=O) groups is 3. The van der Waals surface area contributed by atoms with Gasteiger partial charge in [-0.15, -0.1) is 0 Å². The van der Waals surface area contributed by atoms with Crippen LogP contribution in [0.4, 0.5) is 4.79 Å². The molecule has 29 heavy (non-hydrogen) atoms. The molecule has 0 aromatic heterocycles. The van der Waals surface area contributed by atoms with E-state index in [9.17, 15) is 22.8 Å². The molecular weight excluding hydrogens is 398 g/mol. The van der Waals surface area contributed by atoms with Crippen molar-refractivity contribution in [3.8, 4) is 0 Å².